The molecule has 0 bridgehead atoms. The van der Waals surface area contributed by atoms with Crippen molar-refractivity contribution in [2.45, 2.75) is 6.92 Å². The first-order valence-corrected chi connectivity index (χ1v) is 5.05. The van der Waals surface area contributed by atoms with Crippen LogP contribution in [0.15, 0.2) is 37.4 Å². The predicted molar refractivity (Wildman–Crippen MR) is 65.6 cm³/mol. The van der Waals surface area contributed by atoms with E-state index in [4.69, 9.17) is 0 Å². The van der Waals surface area contributed by atoms with E-state index in [-0.39, 0.29) is 0 Å². The summed E-state index contributed by atoms with van der Waals surface area (Å²) in [6, 6.07) is 6.06. The molecule has 2 aromatic rings. The highest BCUT2D eigenvalue weighted by Crippen LogP contribution is 2.24. The number of anilines is 1. The first-order valence-electron chi connectivity index (χ1n) is 5.05. The summed E-state index contributed by atoms with van der Waals surface area (Å²) in [7, 11) is 1.90. The van der Waals surface area contributed by atoms with E-state index in [2.05, 4.69) is 28.0 Å². The summed E-state index contributed by atoms with van der Waals surface area (Å²) in [6.45, 7) is 5.96. The van der Waals surface area contributed by atoms with Gasteiger partial charge >= 0.3 is 0 Å². The number of allylic oxidation sites excluding steroid dienone is 1. The normalized spacial score (nSPS) is 10.1. The van der Waals surface area contributed by atoms with Crippen molar-refractivity contribution in [3.8, 4) is 5.69 Å². The minimum Gasteiger partial charge on any atom is -0.388 e. The highest BCUT2D eigenvalue weighted by atomic mass is 15.3. The highest BCUT2D eigenvalue weighted by Gasteiger charge is 2.06. The van der Waals surface area contributed by atoms with Gasteiger partial charge in [0.1, 0.15) is 12.7 Å². The largest absolute Gasteiger partial charge is 0.388 e. The Bertz CT molecular complexity index is 500. The Morgan fingerprint density at radius 1 is 1.44 bits per heavy atom. The number of hydrogen-bond acceptors (Lipinski definition) is 3. The molecule has 4 heteroatoms. The van der Waals surface area contributed by atoms with Crippen LogP contribution in [0.25, 0.3) is 11.3 Å². The molecule has 0 atom stereocenters. The third-order valence-electron chi connectivity index (χ3n) is 2.41. The highest BCUT2D eigenvalue weighted by molar-refractivity contribution is 5.72. The van der Waals surface area contributed by atoms with Gasteiger partial charge in [-0.05, 0) is 30.7 Å². The van der Waals surface area contributed by atoms with Crippen molar-refractivity contribution < 1.29 is 0 Å². The fourth-order valence-electron chi connectivity index (χ4n) is 1.57. The molecule has 0 saturated carbocycles. The molecule has 82 valence electrons. The van der Waals surface area contributed by atoms with E-state index in [0.717, 1.165) is 22.5 Å². The Hall–Kier alpha value is -2.10. The maximum Gasteiger partial charge on any atom is 0.138 e. The lowest BCUT2D eigenvalue weighted by atomic mass is 10.1. The summed E-state index contributed by atoms with van der Waals surface area (Å²) >= 11 is 0. The van der Waals surface area contributed by atoms with E-state index < -0.39 is 0 Å². The van der Waals surface area contributed by atoms with Crippen LogP contribution in [0, 0.1) is 0 Å². The molecule has 2 rings (SSSR count). The van der Waals surface area contributed by atoms with Crippen LogP contribution in [-0.4, -0.2) is 21.8 Å². The van der Waals surface area contributed by atoms with Gasteiger partial charge in [-0.25, -0.2) is 9.67 Å². The fraction of sp³-hybridized carbons (Fsp3) is 0.167. The van der Waals surface area contributed by atoms with Crippen molar-refractivity contribution in [1.82, 2.24) is 14.8 Å². The third-order valence-corrected chi connectivity index (χ3v) is 2.41. The Balaban J connectivity index is 2.57. The second kappa shape index (κ2) is 4.18. The Morgan fingerprint density at radius 2 is 2.25 bits per heavy atom. The minimum atomic E-state index is 0.990. The van der Waals surface area contributed by atoms with E-state index in [1.165, 1.54) is 6.33 Å². The van der Waals surface area contributed by atoms with Crippen molar-refractivity contribution in [3.63, 3.8) is 0 Å². The van der Waals surface area contributed by atoms with Gasteiger partial charge in [-0.2, -0.15) is 5.10 Å². The molecule has 1 aromatic heterocycles. The van der Waals surface area contributed by atoms with E-state index in [1.54, 1.807) is 11.0 Å². The Morgan fingerprint density at radius 3 is 2.81 bits per heavy atom. The van der Waals surface area contributed by atoms with Crippen LogP contribution < -0.4 is 5.32 Å². The number of aromatic nitrogens is 3. The summed E-state index contributed by atoms with van der Waals surface area (Å²) < 4.78 is 1.74. The molecule has 0 fully saturated rings. The molecular weight excluding hydrogens is 200 g/mol. The molecule has 1 heterocycles. The van der Waals surface area contributed by atoms with Gasteiger partial charge in [-0.15, -0.1) is 0 Å². The zero-order chi connectivity index (χ0) is 11.5. The molecule has 0 aliphatic carbocycles. The average Bonchev–Trinajstić information content (AvgIpc) is 2.81. The molecule has 0 radical (unpaired) electrons. The first-order chi connectivity index (χ1) is 7.72. The molecule has 16 heavy (non-hydrogen) atoms. The molecule has 0 saturated heterocycles. The molecule has 0 amide bonds. The topological polar surface area (TPSA) is 42.7 Å². The number of rotatable bonds is 3. The van der Waals surface area contributed by atoms with Gasteiger partial charge in [0, 0.05) is 18.3 Å². The monoisotopic (exact) mass is 214 g/mol. The van der Waals surface area contributed by atoms with E-state index in [0.29, 0.717) is 0 Å². The van der Waals surface area contributed by atoms with E-state index in [1.807, 2.05) is 26.1 Å². The van der Waals surface area contributed by atoms with Crippen LogP contribution >= 0.6 is 0 Å². The standard InChI is InChI=1S/C12H14N4/c1-9(2)11-6-10(13-3)4-5-12(11)16-8-14-7-15-16/h4-8,13H,1H2,2-3H3. The number of hydrogen-bond donors (Lipinski definition) is 1. The fourth-order valence-corrected chi connectivity index (χ4v) is 1.57. The van der Waals surface area contributed by atoms with E-state index in [9.17, 15) is 0 Å². The van der Waals surface area contributed by atoms with Gasteiger partial charge in [0.25, 0.3) is 0 Å². The van der Waals surface area contributed by atoms with Gasteiger partial charge in [0.15, 0.2) is 0 Å². The summed E-state index contributed by atoms with van der Waals surface area (Å²) in [5.41, 5.74) is 4.12. The molecule has 0 unspecified atom stereocenters. The lowest BCUT2D eigenvalue weighted by Gasteiger charge is -2.11. The summed E-state index contributed by atoms with van der Waals surface area (Å²) in [6.07, 6.45) is 3.20. The van der Waals surface area contributed by atoms with Gasteiger partial charge in [-0.1, -0.05) is 6.58 Å². The molecular formula is C12H14N4. The van der Waals surface area contributed by atoms with Gasteiger partial charge < -0.3 is 5.32 Å². The van der Waals surface area contributed by atoms with E-state index >= 15 is 0 Å². The van der Waals surface area contributed by atoms with Crippen molar-refractivity contribution >= 4 is 11.3 Å². The van der Waals surface area contributed by atoms with Crippen LogP contribution in [0.3, 0.4) is 0 Å². The molecule has 4 nitrogen and oxygen atoms in total. The molecule has 0 aliphatic rings. The number of nitrogens with one attached hydrogen (secondary N) is 1. The summed E-state index contributed by atoms with van der Waals surface area (Å²) in [5, 5.41) is 7.24. The minimum absolute atomic E-state index is 0.990. The van der Waals surface area contributed by atoms with Crippen molar-refractivity contribution in [2.75, 3.05) is 12.4 Å². The molecule has 0 aliphatic heterocycles. The number of nitrogens with zero attached hydrogens (tertiary/aromatic N) is 3. The smallest absolute Gasteiger partial charge is 0.138 e. The second-order valence-corrected chi connectivity index (χ2v) is 3.60. The summed E-state index contributed by atoms with van der Waals surface area (Å²) in [5.74, 6) is 0. The van der Waals surface area contributed by atoms with Crippen LogP contribution in [0.1, 0.15) is 12.5 Å². The lowest BCUT2D eigenvalue weighted by Crippen LogP contribution is -2.00. The second-order valence-electron chi connectivity index (χ2n) is 3.60. The van der Waals surface area contributed by atoms with Crippen LogP contribution in [-0.2, 0) is 0 Å². The van der Waals surface area contributed by atoms with Crippen molar-refractivity contribution in [2.24, 2.45) is 0 Å². The van der Waals surface area contributed by atoms with Gasteiger partial charge in [-0.3, -0.25) is 0 Å². The maximum atomic E-state index is 4.13. The SMILES string of the molecule is C=C(C)c1cc(NC)ccc1-n1cncn1. The number of benzene rings is 1. The zero-order valence-electron chi connectivity index (χ0n) is 9.44. The molecule has 1 aromatic carbocycles. The van der Waals surface area contributed by atoms with Gasteiger partial charge in [0.05, 0.1) is 5.69 Å². The third kappa shape index (κ3) is 1.82. The first kappa shape index (κ1) is 10.4. The van der Waals surface area contributed by atoms with Gasteiger partial charge in [0.2, 0.25) is 0 Å². The van der Waals surface area contributed by atoms with Crippen LogP contribution in [0.2, 0.25) is 0 Å². The maximum absolute atomic E-state index is 4.13. The molecule has 1 N–H and O–H groups in total. The Kier molecular flexibility index (Phi) is 2.72. The lowest BCUT2D eigenvalue weighted by molar-refractivity contribution is 0.876. The zero-order valence-corrected chi connectivity index (χ0v) is 9.44. The molecule has 0 spiro atoms. The average molecular weight is 214 g/mol. The van der Waals surface area contributed by atoms with Crippen molar-refractivity contribution in [3.05, 3.63) is 43.0 Å². The quantitative estimate of drug-likeness (QED) is 0.852. The van der Waals surface area contributed by atoms with Crippen molar-refractivity contribution in [1.29, 1.82) is 0 Å². The van der Waals surface area contributed by atoms with Crippen LogP contribution in [0.4, 0.5) is 5.69 Å². The summed E-state index contributed by atoms with van der Waals surface area (Å²) in [4.78, 5) is 3.95. The van der Waals surface area contributed by atoms with Crippen LogP contribution in [0.5, 0.6) is 0 Å². The predicted octanol–water partition coefficient (Wildman–Crippen LogP) is 2.34. The Labute approximate surface area is 94.6 Å².